The third kappa shape index (κ3) is 3.33. The van der Waals surface area contributed by atoms with E-state index in [9.17, 15) is 4.39 Å². The standard InChI is InChI=1S/C12H15BrFNO2/c13-9-5-11(15)12(6-10(9)14)17-7-8-1-3-16-4-2-8/h5-6,8H,1-4,7,15H2. The molecule has 0 aromatic heterocycles. The Bertz CT molecular complexity index is 394. The van der Waals surface area contributed by atoms with Gasteiger partial charge in [-0.25, -0.2) is 4.39 Å². The van der Waals surface area contributed by atoms with E-state index in [4.69, 9.17) is 15.2 Å². The van der Waals surface area contributed by atoms with Gasteiger partial charge in [0, 0.05) is 19.3 Å². The molecular formula is C12H15BrFNO2. The van der Waals surface area contributed by atoms with E-state index in [1.165, 1.54) is 12.1 Å². The van der Waals surface area contributed by atoms with Gasteiger partial charge in [0.2, 0.25) is 0 Å². The topological polar surface area (TPSA) is 44.5 Å². The molecule has 1 aromatic carbocycles. The molecule has 0 atom stereocenters. The van der Waals surface area contributed by atoms with Crippen molar-refractivity contribution in [3.05, 3.63) is 22.4 Å². The number of anilines is 1. The Morgan fingerprint density at radius 1 is 1.41 bits per heavy atom. The van der Waals surface area contributed by atoms with E-state index >= 15 is 0 Å². The maximum atomic E-state index is 13.3. The fraction of sp³-hybridized carbons (Fsp3) is 0.500. The van der Waals surface area contributed by atoms with Crippen LogP contribution in [-0.2, 0) is 4.74 Å². The highest BCUT2D eigenvalue weighted by Gasteiger charge is 2.15. The quantitative estimate of drug-likeness (QED) is 0.873. The fourth-order valence-electron chi connectivity index (χ4n) is 1.79. The van der Waals surface area contributed by atoms with Gasteiger partial charge in [0.15, 0.2) is 0 Å². The highest BCUT2D eigenvalue weighted by Crippen LogP contribution is 2.29. The van der Waals surface area contributed by atoms with Crippen LogP contribution in [0.25, 0.3) is 0 Å². The Hall–Kier alpha value is -0.810. The van der Waals surface area contributed by atoms with Crippen LogP contribution in [-0.4, -0.2) is 19.8 Å². The summed E-state index contributed by atoms with van der Waals surface area (Å²) in [6.45, 7) is 2.12. The Labute approximate surface area is 108 Å². The molecule has 0 aliphatic carbocycles. The second-order valence-corrected chi connectivity index (χ2v) is 5.03. The van der Waals surface area contributed by atoms with Crippen LogP contribution in [0.15, 0.2) is 16.6 Å². The molecule has 0 radical (unpaired) electrons. The van der Waals surface area contributed by atoms with Crippen LogP contribution in [0.4, 0.5) is 10.1 Å². The first kappa shape index (κ1) is 12.6. The summed E-state index contributed by atoms with van der Waals surface area (Å²) in [4.78, 5) is 0. The number of halogens is 2. The lowest BCUT2D eigenvalue weighted by Crippen LogP contribution is -2.21. The molecule has 0 spiro atoms. The van der Waals surface area contributed by atoms with Crippen molar-refractivity contribution in [3.8, 4) is 5.75 Å². The molecule has 1 fully saturated rings. The maximum absolute atomic E-state index is 13.3. The van der Waals surface area contributed by atoms with Crippen LogP contribution in [0.5, 0.6) is 5.75 Å². The molecule has 0 unspecified atom stereocenters. The van der Waals surface area contributed by atoms with E-state index < -0.39 is 0 Å². The molecule has 1 aromatic rings. The number of hydrogen-bond acceptors (Lipinski definition) is 3. The second kappa shape index (κ2) is 5.69. The zero-order chi connectivity index (χ0) is 12.3. The summed E-state index contributed by atoms with van der Waals surface area (Å²) in [5.41, 5.74) is 6.21. The minimum absolute atomic E-state index is 0.355. The summed E-state index contributed by atoms with van der Waals surface area (Å²) < 4.78 is 24.5. The van der Waals surface area contributed by atoms with Crippen molar-refractivity contribution in [2.75, 3.05) is 25.6 Å². The van der Waals surface area contributed by atoms with Gasteiger partial charge in [-0.15, -0.1) is 0 Å². The van der Waals surface area contributed by atoms with E-state index in [1.54, 1.807) is 0 Å². The number of ether oxygens (including phenoxy) is 2. The van der Waals surface area contributed by atoms with Crippen molar-refractivity contribution in [3.63, 3.8) is 0 Å². The van der Waals surface area contributed by atoms with Gasteiger partial charge in [-0.1, -0.05) is 0 Å². The van der Waals surface area contributed by atoms with Crippen molar-refractivity contribution in [1.82, 2.24) is 0 Å². The average Bonchev–Trinajstić information content (AvgIpc) is 2.33. The lowest BCUT2D eigenvalue weighted by atomic mass is 10.0. The summed E-state index contributed by atoms with van der Waals surface area (Å²) in [7, 11) is 0. The van der Waals surface area contributed by atoms with Crippen LogP contribution in [0.2, 0.25) is 0 Å². The van der Waals surface area contributed by atoms with Gasteiger partial charge < -0.3 is 15.2 Å². The van der Waals surface area contributed by atoms with E-state index in [-0.39, 0.29) is 5.82 Å². The Morgan fingerprint density at radius 3 is 2.82 bits per heavy atom. The Balaban J connectivity index is 1.96. The highest BCUT2D eigenvalue weighted by atomic mass is 79.9. The predicted octanol–water partition coefficient (Wildman–Crippen LogP) is 2.98. The molecule has 17 heavy (non-hydrogen) atoms. The minimum atomic E-state index is -0.360. The van der Waals surface area contributed by atoms with Crippen LogP contribution >= 0.6 is 15.9 Å². The smallest absolute Gasteiger partial charge is 0.145 e. The zero-order valence-electron chi connectivity index (χ0n) is 9.42. The molecule has 1 aliphatic heterocycles. The Kier molecular flexibility index (Phi) is 4.23. The molecule has 0 bridgehead atoms. The van der Waals surface area contributed by atoms with Crippen LogP contribution in [0.1, 0.15) is 12.8 Å². The third-order valence-corrected chi connectivity index (χ3v) is 3.48. The molecule has 3 nitrogen and oxygen atoms in total. The number of nitrogen functional groups attached to an aromatic ring is 1. The second-order valence-electron chi connectivity index (χ2n) is 4.17. The molecule has 5 heteroatoms. The molecule has 1 aliphatic rings. The number of nitrogens with two attached hydrogens (primary N) is 1. The summed E-state index contributed by atoms with van der Waals surface area (Å²) in [6, 6.07) is 2.84. The molecule has 1 saturated heterocycles. The molecule has 94 valence electrons. The first-order valence-electron chi connectivity index (χ1n) is 5.62. The highest BCUT2D eigenvalue weighted by molar-refractivity contribution is 9.10. The molecule has 1 heterocycles. The Morgan fingerprint density at radius 2 is 2.12 bits per heavy atom. The van der Waals surface area contributed by atoms with Gasteiger partial charge in [0.1, 0.15) is 11.6 Å². The van der Waals surface area contributed by atoms with E-state index in [1.807, 2.05) is 0 Å². The average molecular weight is 304 g/mol. The normalized spacial score (nSPS) is 17.1. The number of hydrogen-bond donors (Lipinski definition) is 1. The van der Waals surface area contributed by atoms with Crippen LogP contribution in [0.3, 0.4) is 0 Å². The fourth-order valence-corrected chi connectivity index (χ4v) is 2.15. The van der Waals surface area contributed by atoms with Gasteiger partial charge in [-0.05, 0) is 40.8 Å². The van der Waals surface area contributed by atoms with E-state index in [0.717, 1.165) is 26.1 Å². The lowest BCUT2D eigenvalue weighted by molar-refractivity contribution is 0.0498. The summed E-state index contributed by atoms with van der Waals surface area (Å²) in [5.74, 6) is 0.522. The minimum Gasteiger partial charge on any atom is -0.491 e. The van der Waals surface area contributed by atoms with Crippen molar-refractivity contribution < 1.29 is 13.9 Å². The van der Waals surface area contributed by atoms with Crippen molar-refractivity contribution in [2.24, 2.45) is 5.92 Å². The van der Waals surface area contributed by atoms with Gasteiger partial charge >= 0.3 is 0 Å². The third-order valence-electron chi connectivity index (χ3n) is 2.87. The maximum Gasteiger partial charge on any atom is 0.145 e. The van der Waals surface area contributed by atoms with Gasteiger partial charge in [-0.3, -0.25) is 0 Å². The summed E-state index contributed by atoms with van der Waals surface area (Å²) in [6.07, 6.45) is 1.97. The first-order chi connectivity index (χ1) is 8.16. The number of benzene rings is 1. The number of rotatable bonds is 3. The predicted molar refractivity (Wildman–Crippen MR) is 67.6 cm³/mol. The van der Waals surface area contributed by atoms with Gasteiger partial charge in [0.25, 0.3) is 0 Å². The monoisotopic (exact) mass is 303 g/mol. The zero-order valence-corrected chi connectivity index (χ0v) is 11.0. The molecular weight excluding hydrogens is 289 g/mol. The van der Waals surface area contributed by atoms with Crippen LogP contribution < -0.4 is 10.5 Å². The molecule has 0 amide bonds. The van der Waals surface area contributed by atoms with Crippen molar-refractivity contribution in [2.45, 2.75) is 12.8 Å². The van der Waals surface area contributed by atoms with Crippen LogP contribution in [0, 0.1) is 11.7 Å². The first-order valence-corrected chi connectivity index (χ1v) is 6.41. The largest absolute Gasteiger partial charge is 0.491 e. The van der Waals surface area contributed by atoms with Gasteiger partial charge in [-0.2, -0.15) is 0 Å². The van der Waals surface area contributed by atoms with Crippen molar-refractivity contribution >= 4 is 21.6 Å². The SMILES string of the molecule is Nc1cc(Br)c(F)cc1OCC1CCOCC1. The van der Waals surface area contributed by atoms with E-state index in [0.29, 0.717) is 28.4 Å². The summed E-state index contributed by atoms with van der Waals surface area (Å²) in [5, 5.41) is 0. The molecule has 2 rings (SSSR count). The van der Waals surface area contributed by atoms with Gasteiger partial charge in [0.05, 0.1) is 16.8 Å². The summed E-state index contributed by atoms with van der Waals surface area (Å²) >= 11 is 3.08. The lowest BCUT2D eigenvalue weighted by Gasteiger charge is -2.22. The van der Waals surface area contributed by atoms with Crippen molar-refractivity contribution in [1.29, 1.82) is 0 Å². The molecule has 0 saturated carbocycles. The van der Waals surface area contributed by atoms with E-state index in [2.05, 4.69) is 15.9 Å². The molecule has 2 N–H and O–H groups in total.